The lowest BCUT2D eigenvalue weighted by atomic mass is 10.2. The maximum absolute atomic E-state index is 11.6. The fourth-order valence-electron chi connectivity index (χ4n) is 1.16. The molecule has 2 amide bonds. The molecule has 0 aromatic carbocycles. The van der Waals surface area contributed by atoms with Crippen LogP contribution >= 0.6 is 0 Å². The molecule has 1 rings (SSSR count). The van der Waals surface area contributed by atoms with Crippen molar-refractivity contribution in [1.29, 1.82) is 0 Å². The molecule has 4 N–H and O–H groups in total. The molecule has 0 radical (unpaired) electrons. The highest BCUT2D eigenvalue weighted by Gasteiger charge is 2.23. The predicted molar refractivity (Wildman–Crippen MR) is 55.9 cm³/mol. The van der Waals surface area contributed by atoms with Gasteiger partial charge in [0.05, 0.1) is 12.7 Å². The molecular formula is C9H12N4O4. The first-order chi connectivity index (χ1) is 7.90. The van der Waals surface area contributed by atoms with Crippen LogP contribution in [0.1, 0.15) is 16.9 Å². The van der Waals surface area contributed by atoms with Crippen molar-refractivity contribution in [2.45, 2.75) is 12.5 Å². The number of hydrogen-bond acceptors (Lipinski definition) is 4. The fraction of sp³-hybridized carbons (Fsp3) is 0.333. The SMILES string of the molecule is Cn1cnc(C(=O)N[C@@H](CC(N)=O)C(=O)O)c1. The Hall–Kier alpha value is -2.38. The lowest BCUT2D eigenvalue weighted by Gasteiger charge is -2.11. The van der Waals surface area contributed by atoms with E-state index in [1.165, 1.54) is 12.5 Å². The molecule has 0 bridgehead atoms. The third-order valence-corrected chi connectivity index (χ3v) is 1.95. The molecule has 1 aromatic rings. The van der Waals surface area contributed by atoms with Crippen molar-refractivity contribution >= 4 is 17.8 Å². The molecule has 92 valence electrons. The van der Waals surface area contributed by atoms with Gasteiger partial charge in [-0.2, -0.15) is 0 Å². The van der Waals surface area contributed by atoms with Crippen molar-refractivity contribution in [2.24, 2.45) is 12.8 Å². The van der Waals surface area contributed by atoms with E-state index in [0.717, 1.165) is 0 Å². The van der Waals surface area contributed by atoms with Gasteiger partial charge in [-0.1, -0.05) is 0 Å². The van der Waals surface area contributed by atoms with Crippen LogP contribution < -0.4 is 11.1 Å². The van der Waals surface area contributed by atoms with Crippen LogP contribution in [0.3, 0.4) is 0 Å². The zero-order valence-corrected chi connectivity index (χ0v) is 9.08. The van der Waals surface area contributed by atoms with E-state index in [4.69, 9.17) is 10.8 Å². The minimum atomic E-state index is -1.35. The molecule has 8 nitrogen and oxygen atoms in total. The van der Waals surface area contributed by atoms with Gasteiger partial charge in [-0.05, 0) is 0 Å². The van der Waals surface area contributed by atoms with Crippen molar-refractivity contribution in [2.75, 3.05) is 0 Å². The number of imidazole rings is 1. The molecule has 0 aliphatic heterocycles. The Balaban J connectivity index is 2.70. The Bertz CT molecular complexity index is 454. The molecule has 1 aromatic heterocycles. The second-order valence-electron chi connectivity index (χ2n) is 3.46. The number of hydrogen-bond donors (Lipinski definition) is 3. The van der Waals surface area contributed by atoms with Crippen molar-refractivity contribution < 1.29 is 19.5 Å². The Kier molecular flexibility index (Phi) is 3.81. The normalized spacial score (nSPS) is 11.8. The molecule has 0 unspecified atom stereocenters. The molecule has 0 saturated heterocycles. The second-order valence-corrected chi connectivity index (χ2v) is 3.46. The number of carboxylic acid groups (broad SMARTS) is 1. The molecule has 1 heterocycles. The van der Waals surface area contributed by atoms with Gasteiger partial charge in [0, 0.05) is 13.2 Å². The van der Waals surface area contributed by atoms with Gasteiger partial charge in [0.1, 0.15) is 11.7 Å². The second kappa shape index (κ2) is 5.10. The van der Waals surface area contributed by atoms with Crippen LogP contribution in [0.4, 0.5) is 0 Å². The zero-order chi connectivity index (χ0) is 13.0. The van der Waals surface area contributed by atoms with E-state index in [-0.39, 0.29) is 5.69 Å². The van der Waals surface area contributed by atoms with Crippen molar-refractivity contribution in [3.63, 3.8) is 0 Å². The van der Waals surface area contributed by atoms with E-state index < -0.39 is 30.2 Å². The summed E-state index contributed by atoms with van der Waals surface area (Å²) in [5, 5.41) is 10.9. The van der Waals surface area contributed by atoms with Gasteiger partial charge >= 0.3 is 5.97 Å². The molecule has 17 heavy (non-hydrogen) atoms. The van der Waals surface area contributed by atoms with E-state index >= 15 is 0 Å². The number of nitrogens with zero attached hydrogens (tertiary/aromatic N) is 2. The summed E-state index contributed by atoms with van der Waals surface area (Å²) in [5.74, 6) is -2.80. The number of amides is 2. The van der Waals surface area contributed by atoms with Crippen molar-refractivity contribution in [1.82, 2.24) is 14.9 Å². The van der Waals surface area contributed by atoms with Crippen LogP contribution in [-0.2, 0) is 16.6 Å². The number of carbonyl (C=O) groups excluding carboxylic acids is 2. The summed E-state index contributed by atoms with van der Waals surface area (Å²) in [4.78, 5) is 36.7. The van der Waals surface area contributed by atoms with E-state index in [9.17, 15) is 14.4 Å². The molecule has 0 fully saturated rings. The topological polar surface area (TPSA) is 127 Å². The van der Waals surface area contributed by atoms with Crippen LogP contribution in [-0.4, -0.2) is 38.5 Å². The Labute approximate surface area is 96.4 Å². The molecular weight excluding hydrogens is 228 g/mol. The van der Waals surface area contributed by atoms with Crippen LogP contribution in [0.15, 0.2) is 12.5 Å². The minimum Gasteiger partial charge on any atom is -0.480 e. The smallest absolute Gasteiger partial charge is 0.326 e. The standard InChI is InChI=1S/C9H12N4O4/c1-13-3-6(11-4-13)8(15)12-5(9(16)17)2-7(10)14/h3-5H,2H2,1H3,(H2,10,14)(H,12,15)(H,16,17)/t5-/m0/s1. The number of nitrogens with two attached hydrogens (primary N) is 1. The van der Waals surface area contributed by atoms with E-state index in [2.05, 4.69) is 10.3 Å². The Morgan fingerprint density at radius 1 is 1.59 bits per heavy atom. The fourth-order valence-corrected chi connectivity index (χ4v) is 1.16. The van der Waals surface area contributed by atoms with Crippen molar-refractivity contribution in [3.8, 4) is 0 Å². The minimum absolute atomic E-state index is 0.0724. The highest BCUT2D eigenvalue weighted by atomic mass is 16.4. The van der Waals surface area contributed by atoms with E-state index in [0.29, 0.717) is 0 Å². The number of aromatic nitrogens is 2. The molecule has 0 spiro atoms. The maximum atomic E-state index is 11.6. The number of primary amides is 1. The largest absolute Gasteiger partial charge is 0.480 e. The highest BCUT2D eigenvalue weighted by Crippen LogP contribution is 1.98. The quantitative estimate of drug-likeness (QED) is 0.575. The lowest BCUT2D eigenvalue weighted by Crippen LogP contribution is -2.43. The third-order valence-electron chi connectivity index (χ3n) is 1.95. The van der Waals surface area contributed by atoms with Gasteiger partial charge in [-0.3, -0.25) is 9.59 Å². The summed E-state index contributed by atoms with van der Waals surface area (Å²) >= 11 is 0. The first kappa shape index (κ1) is 12.7. The summed E-state index contributed by atoms with van der Waals surface area (Å²) < 4.78 is 1.54. The number of rotatable bonds is 5. The predicted octanol–water partition coefficient (Wildman–Crippen LogP) is -1.52. The molecule has 0 saturated carbocycles. The zero-order valence-electron chi connectivity index (χ0n) is 9.08. The van der Waals surface area contributed by atoms with Gasteiger partial charge < -0.3 is 20.7 Å². The highest BCUT2D eigenvalue weighted by molar-refractivity contribution is 5.96. The van der Waals surface area contributed by atoms with Crippen molar-refractivity contribution in [3.05, 3.63) is 18.2 Å². The summed E-state index contributed by atoms with van der Waals surface area (Å²) in [5.41, 5.74) is 4.95. The lowest BCUT2D eigenvalue weighted by molar-refractivity contribution is -0.140. The van der Waals surface area contributed by atoms with Gasteiger partial charge in [0.2, 0.25) is 5.91 Å². The summed E-state index contributed by atoms with van der Waals surface area (Å²) in [6, 6.07) is -1.35. The third kappa shape index (κ3) is 3.59. The molecule has 8 heteroatoms. The number of aliphatic carboxylic acids is 1. The number of carboxylic acids is 1. The van der Waals surface area contributed by atoms with E-state index in [1.807, 2.05) is 0 Å². The molecule has 0 aliphatic rings. The Morgan fingerprint density at radius 2 is 2.24 bits per heavy atom. The van der Waals surface area contributed by atoms with Crippen LogP contribution in [0.5, 0.6) is 0 Å². The monoisotopic (exact) mass is 240 g/mol. The van der Waals surface area contributed by atoms with Gasteiger partial charge in [0.25, 0.3) is 5.91 Å². The van der Waals surface area contributed by atoms with Crippen LogP contribution in [0, 0.1) is 0 Å². The van der Waals surface area contributed by atoms with Gasteiger partial charge in [-0.15, -0.1) is 0 Å². The van der Waals surface area contributed by atoms with Crippen LogP contribution in [0.2, 0.25) is 0 Å². The van der Waals surface area contributed by atoms with E-state index in [1.54, 1.807) is 11.6 Å². The molecule has 0 aliphatic carbocycles. The average Bonchev–Trinajstić information content (AvgIpc) is 2.63. The summed E-state index contributed by atoms with van der Waals surface area (Å²) in [7, 11) is 1.67. The maximum Gasteiger partial charge on any atom is 0.326 e. The van der Waals surface area contributed by atoms with Gasteiger partial charge in [-0.25, -0.2) is 9.78 Å². The number of nitrogens with one attached hydrogen (secondary N) is 1. The summed E-state index contributed by atoms with van der Waals surface area (Å²) in [6.45, 7) is 0. The Morgan fingerprint density at radius 3 is 2.65 bits per heavy atom. The average molecular weight is 240 g/mol. The van der Waals surface area contributed by atoms with Gasteiger partial charge in [0.15, 0.2) is 0 Å². The number of carbonyl (C=O) groups is 3. The first-order valence-corrected chi connectivity index (χ1v) is 4.70. The summed E-state index contributed by atoms with van der Waals surface area (Å²) in [6.07, 6.45) is 2.37. The number of aryl methyl sites for hydroxylation is 1. The molecule has 1 atom stereocenters. The van der Waals surface area contributed by atoms with Crippen LogP contribution in [0.25, 0.3) is 0 Å². The first-order valence-electron chi connectivity index (χ1n) is 4.70.